The number of anilines is 2. The summed E-state index contributed by atoms with van der Waals surface area (Å²) in [6.07, 6.45) is 0. The van der Waals surface area contributed by atoms with Crippen LogP contribution in [-0.2, 0) is 0 Å². The minimum Gasteiger partial charge on any atom is -0.282 e. The van der Waals surface area contributed by atoms with Gasteiger partial charge in [0.2, 0.25) is 0 Å². The molecule has 0 aliphatic heterocycles. The third-order valence-electron chi connectivity index (χ3n) is 4.56. The zero-order valence-electron chi connectivity index (χ0n) is 14.6. The lowest BCUT2D eigenvalue weighted by molar-refractivity contribution is 1.51. The van der Waals surface area contributed by atoms with Gasteiger partial charge in [0.15, 0.2) is 0 Å². The molecule has 0 aliphatic carbocycles. The van der Waals surface area contributed by atoms with Gasteiger partial charge in [0.05, 0.1) is 47.0 Å². The third-order valence-corrected chi connectivity index (χ3v) is 8.91. The summed E-state index contributed by atoms with van der Waals surface area (Å²) in [5.74, 6) is 0. The highest BCUT2D eigenvalue weighted by molar-refractivity contribution is 14.1. The average molecular weight is 473 g/mol. The molecule has 25 heavy (non-hydrogen) atoms. The maximum Gasteiger partial charge on any atom is 0.0775 e. The van der Waals surface area contributed by atoms with Gasteiger partial charge in [-0.15, -0.1) is 11.3 Å². The lowest BCUT2D eigenvalue weighted by Gasteiger charge is -2.21. The SMILES string of the molecule is C[Si](C)(C)c1ccc(N(I)c2cccc3c2sc2ccccc23)cc1. The van der Waals surface area contributed by atoms with Gasteiger partial charge in [-0.25, -0.2) is 0 Å². The van der Waals surface area contributed by atoms with Crippen LogP contribution in [0.1, 0.15) is 0 Å². The van der Waals surface area contributed by atoms with Crippen LogP contribution in [0.3, 0.4) is 0 Å². The van der Waals surface area contributed by atoms with E-state index in [0.29, 0.717) is 0 Å². The minimum absolute atomic E-state index is 1.23. The van der Waals surface area contributed by atoms with E-state index in [-0.39, 0.29) is 0 Å². The Hall–Kier alpha value is -1.37. The second-order valence-corrected chi connectivity index (χ2v) is 14.4. The van der Waals surface area contributed by atoms with Crippen LogP contribution < -0.4 is 8.30 Å². The van der Waals surface area contributed by atoms with E-state index < -0.39 is 8.07 Å². The monoisotopic (exact) mass is 473 g/mol. The Morgan fingerprint density at radius 3 is 2.20 bits per heavy atom. The van der Waals surface area contributed by atoms with Crippen molar-refractivity contribution in [3.8, 4) is 0 Å². The Bertz CT molecular complexity index is 1050. The van der Waals surface area contributed by atoms with Gasteiger partial charge in [0, 0.05) is 15.5 Å². The van der Waals surface area contributed by atoms with Gasteiger partial charge in [0.1, 0.15) is 0 Å². The smallest absolute Gasteiger partial charge is 0.0775 e. The third kappa shape index (κ3) is 3.11. The van der Waals surface area contributed by atoms with Crippen LogP contribution in [0.25, 0.3) is 20.2 Å². The molecule has 0 radical (unpaired) electrons. The molecule has 0 amide bonds. The highest BCUT2D eigenvalue weighted by atomic mass is 127. The van der Waals surface area contributed by atoms with Crippen LogP contribution in [0.15, 0.2) is 66.7 Å². The molecular weight excluding hydrogens is 453 g/mol. The molecule has 4 aromatic rings. The van der Waals surface area contributed by atoms with Gasteiger partial charge >= 0.3 is 0 Å². The van der Waals surface area contributed by atoms with Crippen LogP contribution >= 0.6 is 34.2 Å². The molecule has 0 N–H and O–H groups in total. The normalized spacial score (nSPS) is 12.0. The van der Waals surface area contributed by atoms with Gasteiger partial charge < -0.3 is 0 Å². The molecule has 0 fully saturated rings. The summed E-state index contributed by atoms with van der Waals surface area (Å²) in [7, 11) is -1.26. The summed E-state index contributed by atoms with van der Waals surface area (Å²) in [4.78, 5) is 0. The molecule has 4 rings (SSSR count). The first-order valence-corrected chi connectivity index (χ1v) is 13.7. The molecule has 4 heteroatoms. The second kappa shape index (κ2) is 6.41. The van der Waals surface area contributed by atoms with E-state index in [0.717, 1.165) is 0 Å². The Morgan fingerprint density at radius 2 is 1.48 bits per heavy atom. The van der Waals surface area contributed by atoms with Crippen molar-refractivity contribution in [1.82, 2.24) is 0 Å². The summed E-state index contributed by atoms with van der Waals surface area (Å²) in [5, 5.41) is 4.20. The largest absolute Gasteiger partial charge is 0.282 e. The number of thiophene rings is 1. The van der Waals surface area contributed by atoms with Crippen LogP contribution in [-0.4, -0.2) is 8.07 Å². The number of rotatable bonds is 3. The summed E-state index contributed by atoms with van der Waals surface area (Å²) in [6.45, 7) is 7.17. The van der Waals surface area contributed by atoms with Gasteiger partial charge in [-0.2, -0.15) is 0 Å². The van der Waals surface area contributed by atoms with Crippen LogP contribution in [0.5, 0.6) is 0 Å². The summed E-state index contributed by atoms with van der Waals surface area (Å²) in [6, 6.07) is 24.4. The molecule has 0 saturated carbocycles. The first-order valence-electron chi connectivity index (χ1n) is 8.42. The summed E-state index contributed by atoms with van der Waals surface area (Å²) < 4.78 is 4.99. The van der Waals surface area contributed by atoms with E-state index in [9.17, 15) is 0 Å². The molecule has 3 aromatic carbocycles. The van der Waals surface area contributed by atoms with Crippen molar-refractivity contribution in [2.24, 2.45) is 0 Å². The van der Waals surface area contributed by atoms with Crippen LogP contribution in [0, 0.1) is 0 Å². The fourth-order valence-corrected chi connectivity index (χ4v) is 6.38. The van der Waals surface area contributed by atoms with Crippen molar-refractivity contribution >= 4 is 79.0 Å². The van der Waals surface area contributed by atoms with Gasteiger partial charge in [-0.3, -0.25) is 3.11 Å². The predicted molar refractivity (Wildman–Crippen MR) is 125 cm³/mol. The van der Waals surface area contributed by atoms with E-state index in [1.165, 1.54) is 36.7 Å². The molecule has 0 saturated heterocycles. The second-order valence-electron chi connectivity index (χ2n) is 7.33. The maximum atomic E-state index is 2.43. The number of halogens is 1. The Morgan fingerprint density at radius 1 is 0.800 bits per heavy atom. The fourth-order valence-electron chi connectivity index (χ4n) is 3.12. The lowest BCUT2D eigenvalue weighted by Crippen LogP contribution is -2.37. The summed E-state index contributed by atoms with van der Waals surface area (Å²) >= 11 is 4.31. The van der Waals surface area contributed by atoms with Gasteiger partial charge in [-0.05, 0) is 24.3 Å². The molecule has 1 nitrogen and oxygen atoms in total. The Balaban J connectivity index is 1.81. The van der Waals surface area contributed by atoms with Crippen molar-refractivity contribution in [3.63, 3.8) is 0 Å². The fraction of sp³-hybridized carbons (Fsp3) is 0.143. The van der Waals surface area contributed by atoms with E-state index >= 15 is 0 Å². The first kappa shape index (κ1) is 17.1. The molecule has 0 unspecified atom stereocenters. The quantitative estimate of drug-likeness (QED) is 0.175. The van der Waals surface area contributed by atoms with Crippen LogP contribution in [0.2, 0.25) is 19.6 Å². The molecule has 0 aliphatic rings. The molecular formula is C21H20INSSi. The molecule has 0 bridgehead atoms. The van der Waals surface area contributed by atoms with Crippen molar-refractivity contribution in [3.05, 3.63) is 66.7 Å². The zero-order valence-corrected chi connectivity index (χ0v) is 18.6. The van der Waals surface area contributed by atoms with Crippen molar-refractivity contribution in [2.75, 3.05) is 3.11 Å². The Labute approximate surface area is 167 Å². The van der Waals surface area contributed by atoms with E-state index in [1.807, 2.05) is 11.3 Å². The molecule has 1 heterocycles. The number of hydrogen-bond donors (Lipinski definition) is 0. The zero-order chi connectivity index (χ0) is 17.6. The molecule has 0 spiro atoms. The lowest BCUT2D eigenvalue weighted by atomic mass is 10.1. The number of hydrogen-bond acceptors (Lipinski definition) is 2. The topological polar surface area (TPSA) is 3.24 Å². The average Bonchev–Trinajstić information content (AvgIpc) is 2.99. The molecule has 1 aromatic heterocycles. The maximum absolute atomic E-state index is 2.43. The summed E-state index contributed by atoms with van der Waals surface area (Å²) in [5.41, 5.74) is 2.49. The Kier molecular flexibility index (Phi) is 4.38. The highest BCUT2D eigenvalue weighted by Crippen LogP contribution is 2.42. The van der Waals surface area contributed by atoms with Gasteiger partial charge in [-0.1, -0.05) is 67.3 Å². The van der Waals surface area contributed by atoms with Gasteiger partial charge in [0.25, 0.3) is 0 Å². The van der Waals surface area contributed by atoms with Crippen molar-refractivity contribution in [2.45, 2.75) is 19.6 Å². The van der Waals surface area contributed by atoms with E-state index in [2.05, 4.69) is 112 Å². The van der Waals surface area contributed by atoms with E-state index in [4.69, 9.17) is 0 Å². The van der Waals surface area contributed by atoms with Crippen molar-refractivity contribution in [1.29, 1.82) is 0 Å². The number of fused-ring (bicyclic) bond motifs is 3. The molecule has 126 valence electrons. The first-order chi connectivity index (χ1) is 11.9. The highest BCUT2D eigenvalue weighted by Gasteiger charge is 2.17. The minimum atomic E-state index is -1.26. The van der Waals surface area contributed by atoms with E-state index in [1.54, 1.807) is 0 Å². The molecule has 0 atom stereocenters. The number of nitrogens with zero attached hydrogens (tertiary/aromatic N) is 1. The van der Waals surface area contributed by atoms with Crippen LogP contribution in [0.4, 0.5) is 11.4 Å². The number of benzene rings is 3. The predicted octanol–water partition coefficient (Wildman–Crippen LogP) is 7.09. The van der Waals surface area contributed by atoms with Crippen molar-refractivity contribution < 1.29 is 0 Å². The standard InChI is InChI=1S/C21H20INSSi/c1-25(2,3)16-13-11-15(12-14-16)23(22)19-9-6-8-18-17-7-4-5-10-20(17)24-21(18)19/h4-14H,1-3H3.